The molecule has 1 aromatic heterocycles. The highest BCUT2D eigenvalue weighted by Crippen LogP contribution is 2.16. The maximum absolute atomic E-state index is 5.21. The van der Waals surface area contributed by atoms with Crippen molar-refractivity contribution in [2.45, 2.75) is 32.7 Å². The number of nitrogens with zero attached hydrogens (tertiary/aromatic N) is 3. The van der Waals surface area contributed by atoms with Gasteiger partial charge in [-0.1, -0.05) is 12.1 Å². The Morgan fingerprint density at radius 1 is 1.50 bits per heavy atom. The highest BCUT2D eigenvalue weighted by Gasteiger charge is 2.17. The number of hydrogen-bond donors (Lipinski definition) is 0. The van der Waals surface area contributed by atoms with Gasteiger partial charge in [0.2, 0.25) is 5.89 Å². The number of aromatic nitrogens is 2. The Morgan fingerprint density at radius 3 is 2.81 bits per heavy atom. The maximum Gasteiger partial charge on any atom is 0.243 e. The number of methoxy groups -OCH3 is 1. The molecule has 0 spiro atoms. The molecule has 0 aromatic carbocycles. The first kappa shape index (κ1) is 13.1. The molecule has 1 aromatic rings. The molecule has 0 radical (unpaired) electrons. The summed E-state index contributed by atoms with van der Waals surface area (Å²) in [5.41, 5.74) is 0. The number of ether oxygens (including phenoxy) is 1. The van der Waals surface area contributed by atoms with Crippen molar-refractivity contribution in [1.29, 1.82) is 0 Å². The van der Waals surface area contributed by atoms with Crippen molar-refractivity contribution in [3.8, 4) is 0 Å². The van der Waals surface area contributed by atoms with Crippen molar-refractivity contribution < 1.29 is 9.26 Å². The first-order chi connectivity index (χ1) is 7.69. The van der Waals surface area contributed by atoms with Crippen LogP contribution in [-0.2, 0) is 11.2 Å². The average molecular weight is 227 g/mol. The summed E-state index contributed by atoms with van der Waals surface area (Å²) in [6, 6.07) is 0.157. The molecule has 0 saturated carbocycles. The maximum atomic E-state index is 5.21. The van der Waals surface area contributed by atoms with Crippen LogP contribution in [0.2, 0.25) is 0 Å². The van der Waals surface area contributed by atoms with E-state index in [0.717, 1.165) is 31.8 Å². The summed E-state index contributed by atoms with van der Waals surface area (Å²) in [5, 5.41) is 3.90. The van der Waals surface area contributed by atoms with Crippen LogP contribution < -0.4 is 0 Å². The average Bonchev–Trinajstić information content (AvgIpc) is 2.76. The third-order valence-electron chi connectivity index (χ3n) is 2.68. The first-order valence-corrected chi connectivity index (χ1v) is 5.70. The van der Waals surface area contributed by atoms with Crippen molar-refractivity contribution in [2.75, 3.05) is 27.3 Å². The van der Waals surface area contributed by atoms with E-state index < -0.39 is 0 Å². The number of aryl methyl sites for hydroxylation is 1. The van der Waals surface area contributed by atoms with E-state index in [1.54, 1.807) is 7.11 Å². The van der Waals surface area contributed by atoms with E-state index >= 15 is 0 Å². The molecule has 0 aliphatic heterocycles. The van der Waals surface area contributed by atoms with E-state index in [1.807, 2.05) is 6.92 Å². The number of rotatable bonds is 7. The summed E-state index contributed by atoms with van der Waals surface area (Å²) in [6.45, 7) is 5.82. The zero-order valence-electron chi connectivity index (χ0n) is 10.6. The van der Waals surface area contributed by atoms with Crippen molar-refractivity contribution in [3.63, 3.8) is 0 Å². The molecule has 0 amide bonds. The molecule has 1 atom stereocenters. The van der Waals surface area contributed by atoms with E-state index in [9.17, 15) is 0 Å². The lowest BCUT2D eigenvalue weighted by atomic mass is 10.3. The molecule has 1 rings (SSSR count). The quantitative estimate of drug-likeness (QED) is 0.663. The highest BCUT2D eigenvalue weighted by atomic mass is 16.5. The van der Waals surface area contributed by atoms with Gasteiger partial charge < -0.3 is 9.26 Å². The van der Waals surface area contributed by atoms with Crippen LogP contribution in [0.4, 0.5) is 0 Å². The summed E-state index contributed by atoms with van der Waals surface area (Å²) < 4.78 is 10.2. The van der Waals surface area contributed by atoms with Crippen molar-refractivity contribution >= 4 is 0 Å². The SMILES string of the molecule is CCc1noc(C(C)N(C)CCCOC)n1. The van der Waals surface area contributed by atoms with Gasteiger partial charge in [-0.2, -0.15) is 4.98 Å². The van der Waals surface area contributed by atoms with Crippen molar-refractivity contribution in [2.24, 2.45) is 0 Å². The van der Waals surface area contributed by atoms with E-state index in [1.165, 1.54) is 0 Å². The second kappa shape index (κ2) is 6.60. The van der Waals surface area contributed by atoms with Crippen LogP contribution >= 0.6 is 0 Å². The molecule has 5 heteroatoms. The van der Waals surface area contributed by atoms with Crippen molar-refractivity contribution in [1.82, 2.24) is 15.0 Å². The van der Waals surface area contributed by atoms with Crippen LogP contribution in [-0.4, -0.2) is 42.3 Å². The Hall–Kier alpha value is -0.940. The summed E-state index contributed by atoms with van der Waals surface area (Å²) in [6.07, 6.45) is 1.82. The molecule has 0 N–H and O–H groups in total. The molecule has 1 unspecified atom stereocenters. The van der Waals surface area contributed by atoms with Gasteiger partial charge in [0.25, 0.3) is 0 Å². The molecular formula is C11H21N3O2. The van der Waals surface area contributed by atoms with Crippen molar-refractivity contribution in [3.05, 3.63) is 11.7 Å². The standard InChI is InChI=1S/C11H21N3O2/c1-5-10-12-11(16-13-10)9(2)14(3)7-6-8-15-4/h9H,5-8H2,1-4H3. The lowest BCUT2D eigenvalue weighted by Crippen LogP contribution is -2.24. The van der Waals surface area contributed by atoms with Gasteiger partial charge in [-0.3, -0.25) is 4.90 Å². The minimum atomic E-state index is 0.157. The van der Waals surface area contributed by atoms with Crippen LogP contribution in [0.3, 0.4) is 0 Å². The van der Waals surface area contributed by atoms with Crippen LogP contribution in [0.25, 0.3) is 0 Å². The molecule has 0 fully saturated rings. The Morgan fingerprint density at radius 2 is 2.25 bits per heavy atom. The Bertz CT molecular complexity index is 301. The van der Waals surface area contributed by atoms with Crippen LogP contribution in [0.15, 0.2) is 4.52 Å². The number of hydrogen-bond acceptors (Lipinski definition) is 5. The van der Waals surface area contributed by atoms with E-state index in [4.69, 9.17) is 9.26 Å². The largest absolute Gasteiger partial charge is 0.385 e. The minimum absolute atomic E-state index is 0.157. The topological polar surface area (TPSA) is 51.4 Å². The fraction of sp³-hybridized carbons (Fsp3) is 0.818. The molecule has 1 heterocycles. The van der Waals surface area contributed by atoms with E-state index in [0.29, 0.717) is 5.89 Å². The summed E-state index contributed by atoms with van der Waals surface area (Å²) in [7, 11) is 3.77. The third kappa shape index (κ3) is 3.57. The zero-order chi connectivity index (χ0) is 12.0. The first-order valence-electron chi connectivity index (χ1n) is 5.70. The Balaban J connectivity index is 2.45. The molecule has 0 aliphatic carbocycles. The normalized spacial score (nSPS) is 13.3. The summed E-state index contributed by atoms with van der Waals surface area (Å²) in [4.78, 5) is 6.51. The predicted octanol–water partition coefficient (Wildman–Crippen LogP) is 1.66. The van der Waals surface area contributed by atoms with Gasteiger partial charge in [0.1, 0.15) is 0 Å². The summed E-state index contributed by atoms with van der Waals surface area (Å²) in [5.74, 6) is 1.46. The van der Waals surface area contributed by atoms with Gasteiger partial charge in [-0.25, -0.2) is 0 Å². The van der Waals surface area contributed by atoms with Crippen LogP contribution in [0.5, 0.6) is 0 Å². The van der Waals surface area contributed by atoms with E-state index in [2.05, 4.69) is 29.0 Å². The van der Waals surface area contributed by atoms with E-state index in [-0.39, 0.29) is 6.04 Å². The Kier molecular flexibility index (Phi) is 5.42. The highest BCUT2D eigenvalue weighted by molar-refractivity contribution is 4.91. The monoisotopic (exact) mass is 227 g/mol. The lowest BCUT2D eigenvalue weighted by molar-refractivity contribution is 0.158. The fourth-order valence-electron chi connectivity index (χ4n) is 1.42. The van der Waals surface area contributed by atoms with Crippen LogP contribution in [0, 0.1) is 0 Å². The van der Waals surface area contributed by atoms with Gasteiger partial charge in [0.05, 0.1) is 6.04 Å². The van der Waals surface area contributed by atoms with Gasteiger partial charge in [-0.05, 0) is 20.4 Å². The third-order valence-corrected chi connectivity index (χ3v) is 2.68. The molecule has 0 aliphatic rings. The van der Waals surface area contributed by atoms with Gasteiger partial charge in [0.15, 0.2) is 5.82 Å². The molecule has 5 nitrogen and oxygen atoms in total. The Labute approximate surface area is 96.8 Å². The molecular weight excluding hydrogens is 206 g/mol. The molecule has 92 valence electrons. The molecule has 0 saturated heterocycles. The molecule has 16 heavy (non-hydrogen) atoms. The van der Waals surface area contributed by atoms with Crippen LogP contribution in [0.1, 0.15) is 38.0 Å². The van der Waals surface area contributed by atoms with Gasteiger partial charge in [-0.15, -0.1) is 0 Å². The summed E-state index contributed by atoms with van der Waals surface area (Å²) >= 11 is 0. The lowest BCUT2D eigenvalue weighted by Gasteiger charge is -2.21. The molecule has 0 bridgehead atoms. The zero-order valence-corrected chi connectivity index (χ0v) is 10.6. The fourth-order valence-corrected chi connectivity index (χ4v) is 1.42. The minimum Gasteiger partial charge on any atom is -0.385 e. The second-order valence-corrected chi connectivity index (χ2v) is 3.91. The van der Waals surface area contributed by atoms with Gasteiger partial charge in [0, 0.05) is 26.7 Å². The second-order valence-electron chi connectivity index (χ2n) is 3.91. The van der Waals surface area contributed by atoms with Gasteiger partial charge >= 0.3 is 0 Å². The smallest absolute Gasteiger partial charge is 0.243 e. The predicted molar refractivity (Wildman–Crippen MR) is 61.2 cm³/mol.